The van der Waals surface area contributed by atoms with E-state index >= 15 is 0 Å². The summed E-state index contributed by atoms with van der Waals surface area (Å²) in [6, 6.07) is 14.0. The molecule has 4 rings (SSSR count). The number of carbonyl (C=O) groups is 1. The number of rotatable bonds is 3. The van der Waals surface area contributed by atoms with Crippen molar-refractivity contribution in [3.05, 3.63) is 64.5 Å². The first-order valence-electron chi connectivity index (χ1n) is 10.3. The van der Waals surface area contributed by atoms with Crippen LogP contribution in [0.15, 0.2) is 47.8 Å². The number of carbonyl (C=O) groups excluding carboxylic acids is 1. The number of benzene rings is 2. The number of amides is 1. The van der Waals surface area contributed by atoms with Crippen molar-refractivity contribution in [2.75, 3.05) is 38.2 Å². The maximum atomic E-state index is 12.5. The Morgan fingerprint density at radius 3 is 2.48 bits per heavy atom. The van der Waals surface area contributed by atoms with Crippen molar-refractivity contribution in [3.63, 3.8) is 0 Å². The molecule has 1 amide bonds. The van der Waals surface area contributed by atoms with E-state index in [9.17, 15) is 4.79 Å². The lowest BCUT2D eigenvalue weighted by molar-refractivity contribution is -0.125. The van der Waals surface area contributed by atoms with Crippen molar-refractivity contribution < 1.29 is 9.53 Å². The van der Waals surface area contributed by atoms with Crippen LogP contribution in [-0.4, -0.2) is 49.1 Å². The number of ether oxygens (including phenoxy) is 1. The Morgan fingerprint density at radius 2 is 1.81 bits per heavy atom. The molecule has 0 bridgehead atoms. The molecule has 0 radical (unpaired) electrons. The number of anilines is 1. The highest BCUT2D eigenvalue weighted by Gasteiger charge is 2.22. The summed E-state index contributed by atoms with van der Waals surface area (Å²) in [6.45, 7) is 6.89. The third-order valence-electron chi connectivity index (χ3n) is 5.40. The molecular weight excluding hydrogens is 406 g/mol. The molecule has 0 atom stereocenters. The van der Waals surface area contributed by atoms with Gasteiger partial charge in [0.2, 0.25) is 0 Å². The molecule has 0 spiro atoms. The van der Waals surface area contributed by atoms with Gasteiger partial charge in [0.1, 0.15) is 5.75 Å². The molecule has 1 saturated heterocycles. The molecule has 2 aromatic carbocycles. The van der Waals surface area contributed by atoms with Crippen LogP contribution in [0.5, 0.6) is 5.75 Å². The molecule has 1 aliphatic rings. The van der Waals surface area contributed by atoms with Gasteiger partial charge in [-0.2, -0.15) is 0 Å². The van der Waals surface area contributed by atoms with E-state index in [2.05, 4.69) is 35.1 Å². The zero-order valence-electron chi connectivity index (χ0n) is 18.0. The van der Waals surface area contributed by atoms with Crippen LogP contribution in [0, 0.1) is 25.7 Å². The summed E-state index contributed by atoms with van der Waals surface area (Å²) in [5, 5.41) is 3.06. The van der Waals surface area contributed by atoms with Gasteiger partial charge in [-0.05, 0) is 49.7 Å². The van der Waals surface area contributed by atoms with Crippen molar-refractivity contribution in [1.29, 1.82) is 0 Å². The maximum absolute atomic E-state index is 12.5. The normalized spacial score (nSPS) is 13.5. The summed E-state index contributed by atoms with van der Waals surface area (Å²) in [4.78, 5) is 21.4. The molecule has 158 valence electrons. The fraction of sp³-hybridized carbons (Fsp3) is 0.280. The first-order valence-corrected chi connectivity index (χ1v) is 11.1. The Balaban J connectivity index is 1.36. The van der Waals surface area contributed by atoms with E-state index in [0.717, 1.165) is 46.4 Å². The fourth-order valence-electron chi connectivity index (χ4n) is 3.56. The van der Waals surface area contributed by atoms with Gasteiger partial charge < -0.3 is 14.5 Å². The van der Waals surface area contributed by atoms with Crippen molar-refractivity contribution in [2.45, 2.75) is 13.8 Å². The predicted octanol–water partition coefficient (Wildman–Crippen LogP) is 4.14. The lowest BCUT2D eigenvalue weighted by Crippen LogP contribution is -2.48. The Kier molecular flexibility index (Phi) is 6.24. The monoisotopic (exact) mass is 431 g/mol. The van der Waals surface area contributed by atoms with E-state index in [0.29, 0.717) is 13.1 Å². The Hall–Kier alpha value is -3.30. The van der Waals surface area contributed by atoms with Crippen LogP contribution in [0.2, 0.25) is 0 Å². The summed E-state index contributed by atoms with van der Waals surface area (Å²) in [5.41, 5.74) is 5.23. The fourth-order valence-corrected chi connectivity index (χ4v) is 4.45. The average Bonchev–Trinajstić information content (AvgIpc) is 3.29. The summed E-state index contributed by atoms with van der Waals surface area (Å²) in [6.07, 6.45) is 0. The van der Waals surface area contributed by atoms with E-state index in [-0.39, 0.29) is 5.91 Å². The molecule has 0 N–H and O–H groups in total. The van der Waals surface area contributed by atoms with Gasteiger partial charge in [0.25, 0.3) is 5.91 Å². The SMILES string of the molecule is COc1ccc(-c2csc(N3CCN(C(=O)C#Cc4ccc(C)cc4C)CC3)n2)cc1. The molecule has 1 aromatic heterocycles. The zero-order chi connectivity index (χ0) is 21.8. The van der Waals surface area contributed by atoms with E-state index < -0.39 is 0 Å². The number of hydrogen-bond donors (Lipinski definition) is 0. The standard InChI is InChI=1S/C25H25N3O2S/c1-18-4-5-20(19(2)16-18)8-11-24(29)27-12-14-28(15-13-27)25-26-23(17-31-25)21-6-9-22(30-3)10-7-21/h4-7,9-10,16-17H,12-15H2,1-3H3. The van der Waals surface area contributed by atoms with Crippen molar-refractivity contribution in [2.24, 2.45) is 0 Å². The highest BCUT2D eigenvalue weighted by atomic mass is 32.1. The van der Waals surface area contributed by atoms with Gasteiger partial charge in [-0.25, -0.2) is 4.98 Å². The average molecular weight is 432 g/mol. The van der Waals surface area contributed by atoms with Crippen LogP contribution < -0.4 is 9.64 Å². The van der Waals surface area contributed by atoms with Crippen LogP contribution in [0.1, 0.15) is 16.7 Å². The van der Waals surface area contributed by atoms with Gasteiger partial charge in [0.05, 0.1) is 12.8 Å². The number of aryl methyl sites for hydroxylation is 2. The topological polar surface area (TPSA) is 45.7 Å². The van der Waals surface area contributed by atoms with Gasteiger partial charge in [-0.3, -0.25) is 4.79 Å². The minimum atomic E-state index is -0.113. The number of thiazole rings is 1. The van der Waals surface area contributed by atoms with Gasteiger partial charge >= 0.3 is 0 Å². The molecule has 31 heavy (non-hydrogen) atoms. The molecule has 0 saturated carbocycles. The summed E-state index contributed by atoms with van der Waals surface area (Å²) in [7, 11) is 1.66. The van der Waals surface area contributed by atoms with Crippen LogP contribution in [-0.2, 0) is 4.79 Å². The first-order chi connectivity index (χ1) is 15.0. The second-order valence-electron chi connectivity index (χ2n) is 7.59. The summed E-state index contributed by atoms with van der Waals surface area (Å²) in [5.74, 6) is 6.57. The smallest absolute Gasteiger partial charge is 0.298 e. The Labute approximate surface area is 187 Å². The molecule has 3 aromatic rings. The van der Waals surface area contributed by atoms with Crippen molar-refractivity contribution in [1.82, 2.24) is 9.88 Å². The number of hydrogen-bond acceptors (Lipinski definition) is 5. The van der Waals surface area contributed by atoms with Gasteiger partial charge in [-0.15, -0.1) is 11.3 Å². The lowest BCUT2D eigenvalue weighted by Gasteiger charge is -2.33. The largest absolute Gasteiger partial charge is 0.497 e. The van der Waals surface area contributed by atoms with E-state index in [1.807, 2.05) is 48.2 Å². The lowest BCUT2D eigenvalue weighted by atomic mass is 10.1. The van der Waals surface area contributed by atoms with Crippen LogP contribution in [0.4, 0.5) is 5.13 Å². The second-order valence-corrected chi connectivity index (χ2v) is 8.43. The van der Waals surface area contributed by atoms with Crippen LogP contribution in [0.3, 0.4) is 0 Å². The first kappa shape index (κ1) is 21.0. The number of nitrogens with zero attached hydrogens (tertiary/aromatic N) is 3. The minimum Gasteiger partial charge on any atom is -0.497 e. The minimum absolute atomic E-state index is 0.113. The van der Waals surface area contributed by atoms with E-state index in [1.54, 1.807) is 18.4 Å². The molecule has 6 heteroatoms. The third kappa shape index (κ3) is 4.89. The molecule has 5 nitrogen and oxygen atoms in total. The van der Waals surface area contributed by atoms with Gasteiger partial charge in [0, 0.05) is 48.6 Å². The van der Waals surface area contributed by atoms with E-state index in [1.165, 1.54) is 5.56 Å². The van der Waals surface area contributed by atoms with E-state index in [4.69, 9.17) is 9.72 Å². The predicted molar refractivity (Wildman–Crippen MR) is 126 cm³/mol. The Bertz CT molecular complexity index is 1130. The molecule has 0 aliphatic carbocycles. The highest BCUT2D eigenvalue weighted by Crippen LogP contribution is 2.29. The zero-order valence-corrected chi connectivity index (χ0v) is 18.8. The summed E-state index contributed by atoms with van der Waals surface area (Å²) < 4.78 is 5.22. The quantitative estimate of drug-likeness (QED) is 0.585. The maximum Gasteiger partial charge on any atom is 0.298 e. The number of piperazine rings is 1. The third-order valence-corrected chi connectivity index (χ3v) is 6.30. The van der Waals surface area contributed by atoms with Crippen molar-refractivity contribution in [3.8, 4) is 28.8 Å². The highest BCUT2D eigenvalue weighted by molar-refractivity contribution is 7.14. The van der Waals surface area contributed by atoms with Crippen LogP contribution >= 0.6 is 11.3 Å². The van der Waals surface area contributed by atoms with Gasteiger partial charge in [0.15, 0.2) is 5.13 Å². The molecular formula is C25H25N3O2S. The molecule has 1 aliphatic heterocycles. The number of methoxy groups -OCH3 is 1. The Morgan fingerprint density at radius 1 is 1.06 bits per heavy atom. The second kappa shape index (κ2) is 9.23. The number of aromatic nitrogens is 1. The van der Waals surface area contributed by atoms with Crippen LogP contribution in [0.25, 0.3) is 11.3 Å². The summed E-state index contributed by atoms with van der Waals surface area (Å²) >= 11 is 1.63. The molecule has 0 unspecified atom stereocenters. The molecule has 1 fully saturated rings. The van der Waals surface area contributed by atoms with Crippen molar-refractivity contribution >= 4 is 22.4 Å². The molecule has 2 heterocycles. The van der Waals surface area contributed by atoms with Gasteiger partial charge in [-0.1, -0.05) is 23.6 Å².